The van der Waals surface area contributed by atoms with Crippen molar-refractivity contribution in [1.82, 2.24) is 14.8 Å². The van der Waals surface area contributed by atoms with Crippen LogP contribution in [0.4, 0.5) is 15.8 Å². The third-order valence-electron chi connectivity index (χ3n) is 5.14. The van der Waals surface area contributed by atoms with Gasteiger partial charge in [0.2, 0.25) is 5.91 Å². The van der Waals surface area contributed by atoms with Crippen LogP contribution in [-0.2, 0) is 4.79 Å². The van der Waals surface area contributed by atoms with Gasteiger partial charge in [0.05, 0.1) is 10.9 Å². The van der Waals surface area contributed by atoms with Crippen molar-refractivity contribution in [2.45, 2.75) is 36.6 Å². The number of thioether (sulfide) groups is 1. The number of benzene rings is 2. The molecule has 6 nitrogen and oxygen atoms in total. The number of rotatable bonds is 6. The number of amides is 1. The molecule has 156 valence electrons. The van der Waals surface area contributed by atoms with Gasteiger partial charge in [0.15, 0.2) is 5.16 Å². The SMILES string of the molecule is CC(Sc1nncn1-c1ccccc1F)C(=O)Nc1ccc(N2CCCCC2)cc1. The lowest BCUT2D eigenvalue weighted by Gasteiger charge is -2.28. The Morgan fingerprint density at radius 3 is 2.57 bits per heavy atom. The molecule has 2 heterocycles. The van der Waals surface area contributed by atoms with E-state index in [1.807, 2.05) is 24.3 Å². The number of hydrogen-bond donors (Lipinski definition) is 1. The number of anilines is 2. The first-order valence-corrected chi connectivity index (χ1v) is 11.0. The Bertz CT molecular complexity index is 1000. The molecule has 0 radical (unpaired) electrons. The number of para-hydroxylation sites is 1. The number of hydrogen-bond acceptors (Lipinski definition) is 5. The van der Waals surface area contributed by atoms with Gasteiger partial charge in [-0.1, -0.05) is 23.9 Å². The summed E-state index contributed by atoms with van der Waals surface area (Å²) in [4.78, 5) is 15.0. The van der Waals surface area contributed by atoms with Gasteiger partial charge in [-0.05, 0) is 62.6 Å². The van der Waals surface area contributed by atoms with Gasteiger partial charge in [-0.2, -0.15) is 0 Å². The maximum Gasteiger partial charge on any atom is 0.237 e. The van der Waals surface area contributed by atoms with Crippen molar-refractivity contribution >= 4 is 29.0 Å². The van der Waals surface area contributed by atoms with Crippen molar-refractivity contribution in [3.8, 4) is 5.69 Å². The zero-order valence-electron chi connectivity index (χ0n) is 16.8. The second-order valence-corrected chi connectivity index (χ2v) is 8.59. The van der Waals surface area contributed by atoms with Crippen LogP contribution in [0.15, 0.2) is 60.0 Å². The Hall–Kier alpha value is -2.87. The summed E-state index contributed by atoms with van der Waals surface area (Å²) in [5.41, 5.74) is 2.29. The Labute approximate surface area is 179 Å². The second-order valence-electron chi connectivity index (χ2n) is 7.28. The Kier molecular flexibility index (Phi) is 6.32. The van der Waals surface area contributed by atoms with E-state index >= 15 is 0 Å². The molecule has 1 atom stereocenters. The maximum absolute atomic E-state index is 14.1. The molecule has 2 aromatic carbocycles. The van der Waals surface area contributed by atoms with Gasteiger partial charge < -0.3 is 10.2 Å². The summed E-state index contributed by atoms with van der Waals surface area (Å²) in [5.74, 6) is -0.515. The first-order chi connectivity index (χ1) is 14.6. The number of halogens is 1. The van der Waals surface area contributed by atoms with Crippen molar-refractivity contribution in [2.24, 2.45) is 0 Å². The molecule has 1 fully saturated rings. The molecule has 0 bridgehead atoms. The van der Waals surface area contributed by atoms with E-state index in [9.17, 15) is 9.18 Å². The lowest BCUT2D eigenvalue weighted by atomic mass is 10.1. The van der Waals surface area contributed by atoms with Gasteiger partial charge in [0.25, 0.3) is 0 Å². The molecule has 0 spiro atoms. The Morgan fingerprint density at radius 2 is 1.83 bits per heavy atom. The van der Waals surface area contributed by atoms with Crippen LogP contribution in [0.25, 0.3) is 5.69 Å². The van der Waals surface area contributed by atoms with Crippen LogP contribution in [0, 0.1) is 5.82 Å². The van der Waals surface area contributed by atoms with Crippen LogP contribution in [0.2, 0.25) is 0 Å². The fourth-order valence-corrected chi connectivity index (χ4v) is 4.32. The zero-order valence-corrected chi connectivity index (χ0v) is 17.6. The van der Waals surface area contributed by atoms with Crippen molar-refractivity contribution in [3.05, 3.63) is 60.7 Å². The average molecular weight is 426 g/mol. The quantitative estimate of drug-likeness (QED) is 0.589. The number of carbonyl (C=O) groups excluding carboxylic acids is 1. The van der Waals surface area contributed by atoms with E-state index in [0.717, 1.165) is 18.8 Å². The highest BCUT2D eigenvalue weighted by Gasteiger charge is 2.20. The molecule has 1 aromatic heterocycles. The highest BCUT2D eigenvalue weighted by Crippen LogP contribution is 2.26. The number of piperidine rings is 1. The van der Waals surface area contributed by atoms with Gasteiger partial charge >= 0.3 is 0 Å². The van der Waals surface area contributed by atoms with E-state index in [4.69, 9.17) is 0 Å². The van der Waals surface area contributed by atoms with Crippen molar-refractivity contribution in [1.29, 1.82) is 0 Å². The highest BCUT2D eigenvalue weighted by molar-refractivity contribution is 8.00. The first-order valence-electron chi connectivity index (χ1n) is 10.1. The number of nitrogens with one attached hydrogen (secondary N) is 1. The van der Waals surface area contributed by atoms with Crippen LogP contribution >= 0.6 is 11.8 Å². The summed E-state index contributed by atoms with van der Waals surface area (Å²) < 4.78 is 15.7. The molecular formula is C22H24FN5OS. The molecular weight excluding hydrogens is 401 g/mol. The van der Waals surface area contributed by atoms with E-state index in [2.05, 4.69) is 20.4 Å². The van der Waals surface area contributed by atoms with E-state index in [1.165, 1.54) is 49.1 Å². The summed E-state index contributed by atoms with van der Waals surface area (Å²) in [6.07, 6.45) is 5.20. The number of carbonyl (C=O) groups is 1. The molecule has 0 saturated carbocycles. The third-order valence-corrected chi connectivity index (χ3v) is 6.19. The normalized spacial score (nSPS) is 15.1. The lowest BCUT2D eigenvalue weighted by molar-refractivity contribution is -0.115. The van der Waals surface area contributed by atoms with Gasteiger partial charge in [-0.25, -0.2) is 4.39 Å². The maximum atomic E-state index is 14.1. The largest absolute Gasteiger partial charge is 0.372 e. The van der Waals surface area contributed by atoms with E-state index in [0.29, 0.717) is 10.8 Å². The molecule has 4 rings (SSSR count). The molecule has 3 aromatic rings. The Balaban J connectivity index is 1.39. The fourth-order valence-electron chi connectivity index (χ4n) is 3.48. The summed E-state index contributed by atoms with van der Waals surface area (Å²) in [6.45, 7) is 3.96. The standard InChI is InChI=1S/C22H24FN5OS/c1-16(30-22-26-24-15-28(22)20-8-4-3-7-19(20)23)21(29)25-17-9-11-18(12-10-17)27-13-5-2-6-14-27/h3-4,7-12,15-16H,2,5-6,13-14H2,1H3,(H,25,29). The summed E-state index contributed by atoms with van der Waals surface area (Å²) in [6, 6.07) is 14.4. The van der Waals surface area contributed by atoms with Crippen LogP contribution in [0.1, 0.15) is 26.2 Å². The first kappa shape index (κ1) is 20.4. The predicted molar refractivity (Wildman–Crippen MR) is 118 cm³/mol. The van der Waals surface area contributed by atoms with Gasteiger partial charge in [-0.15, -0.1) is 10.2 Å². The molecule has 1 amide bonds. The zero-order chi connectivity index (χ0) is 20.9. The van der Waals surface area contributed by atoms with Crippen molar-refractivity contribution in [3.63, 3.8) is 0 Å². The van der Waals surface area contributed by atoms with E-state index < -0.39 is 5.25 Å². The van der Waals surface area contributed by atoms with Crippen molar-refractivity contribution < 1.29 is 9.18 Å². The number of nitrogens with zero attached hydrogens (tertiary/aromatic N) is 4. The monoisotopic (exact) mass is 425 g/mol. The summed E-state index contributed by atoms with van der Waals surface area (Å²) in [7, 11) is 0. The fraction of sp³-hybridized carbons (Fsp3) is 0.318. The topological polar surface area (TPSA) is 63.1 Å². The van der Waals surface area contributed by atoms with Crippen molar-refractivity contribution in [2.75, 3.05) is 23.3 Å². The van der Waals surface area contributed by atoms with Crippen LogP contribution < -0.4 is 10.2 Å². The average Bonchev–Trinajstić information content (AvgIpc) is 3.23. The second kappa shape index (κ2) is 9.30. The van der Waals surface area contributed by atoms with Crippen LogP contribution in [0.3, 0.4) is 0 Å². The third kappa shape index (κ3) is 4.64. The van der Waals surface area contributed by atoms with E-state index in [-0.39, 0.29) is 11.7 Å². The summed E-state index contributed by atoms with van der Waals surface area (Å²) in [5, 5.41) is 10.9. The molecule has 30 heavy (non-hydrogen) atoms. The minimum Gasteiger partial charge on any atom is -0.372 e. The molecule has 1 N–H and O–H groups in total. The molecule has 1 aliphatic rings. The minimum atomic E-state index is -0.429. The highest BCUT2D eigenvalue weighted by atomic mass is 32.2. The molecule has 0 aliphatic carbocycles. The summed E-state index contributed by atoms with van der Waals surface area (Å²) >= 11 is 1.24. The number of aromatic nitrogens is 3. The Morgan fingerprint density at radius 1 is 1.10 bits per heavy atom. The molecule has 1 unspecified atom stereocenters. The molecule has 1 saturated heterocycles. The minimum absolute atomic E-state index is 0.145. The predicted octanol–water partition coefficient (Wildman–Crippen LogP) is 4.52. The van der Waals surface area contributed by atoms with Crippen LogP contribution in [0.5, 0.6) is 0 Å². The lowest BCUT2D eigenvalue weighted by Crippen LogP contribution is -2.29. The molecule has 8 heteroatoms. The molecule has 1 aliphatic heterocycles. The smallest absolute Gasteiger partial charge is 0.237 e. The van der Waals surface area contributed by atoms with Crippen LogP contribution in [-0.4, -0.2) is 39.0 Å². The van der Waals surface area contributed by atoms with Gasteiger partial charge in [0, 0.05) is 24.5 Å². The van der Waals surface area contributed by atoms with E-state index in [1.54, 1.807) is 29.7 Å². The van der Waals surface area contributed by atoms with Gasteiger partial charge in [0.1, 0.15) is 12.1 Å². The van der Waals surface area contributed by atoms with Gasteiger partial charge in [-0.3, -0.25) is 9.36 Å².